The number of aryl methyl sites for hydroxylation is 3. The molecule has 1 atom stereocenters. The van der Waals surface area contributed by atoms with Crippen LogP contribution in [0.4, 0.5) is 11.4 Å². The Morgan fingerprint density at radius 2 is 1.62 bits per heavy atom. The minimum absolute atomic E-state index is 0.00464. The van der Waals surface area contributed by atoms with Gasteiger partial charge in [-0.2, -0.15) is 0 Å². The molecule has 2 rings (SSSR count). The molecule has 1 N–H and O–H groups in total. The lowest BCUT2D eigenvalue weighted by atomic mass is 10.0. The SMILES string of the molecule is Cc1cc(C)cc(C(C)Nc2ccc(C)cc2[N+](=O)[O-])c1. The van der Waals surface area contributed by atoms with Crippen LogP contribution >= 0.6 is 0 Å². The largest absolute Gasteiger partial charge is 0.373 e. The summed E-state index contributed by atoms with van der Waals surface area (Å²) in [6.45, 7) is 7.97. The Morgan fingerprint density at radius 3 is 2.19 bits per heavy atom. The van der Waals surface area contributed by atoms with E-state index in [1.807, 2.05) is 19.9 Å². The zero-order valence-electron chi connectivity index (χ0n) is 12.8. The van der Waals surface area contributed by atoms with E-state index >= 15 is 0 Å². The van der Waals surface area contributed by atoms with E-state index in [9.17, 15) is 10.1 Å². The van der Waals surface area contributed by atoms with Crippen LogP contribution in [0.25, 0.3) is 0 Å². The van der Waals surface area contributed by atoms with Crippen LogP contribution in [0.5, 0.6) is 0 Å². The molecule has 0 aliphatic rings. The molecule has 0 bridgehead atoms. The van der Waals surface area contributed by atoms with Gasteiger partial charge >= 0.3 is 0 Å². The summed E-state index contributed by atoms with van der Waals surface area (Å²) in [4.78, 5) is 10.8. The third-order valence-electron chi connectivity index (χ3n) is 3.47. The predicted octanol–water partition coefficient (Wildman–Crippen LogP) is 4.69. The van der Waals surface area contributed by atoms with E-state index in [-0.39, 0.29) is 16.7 Å². The fourth-order valence-corrected chi connectivity index (χ4v) is 2.49. The van der Waals surface area contributed by atoms with Crippen molar-refractivity contribution in [3.05, 3.63) is 68.8 Å². The first-order valence-electron chi connectivity index (χ1n) is 6.96. The lowest BCUT2D eigenvalue weighted by Gasteiger charge is -2.17. The fourth-order valence-electron chi connectivity index (χ4n) is 2.49. The second kappa shape index (κ2) is 5.95. The summed E-state index contributed by atoms with van der Waals surface area (Å²) in [7, 11) is 0. The van der Waals surface area contributed by atoms with Gasteiger partial charge in [-0.1, -0.05) is 35.4 Å². The van der Waals surface area contributed by atoms with Crippen LogP contribution < -0.4 is 5.32 Å². The predicted molar refractivity (Wildman–Crippen MR) is 85.8 cm³/mol. The molecule has 0 fully saturated rings. The first kappa shape index (κ1) is 15.0. The number of nitro groups is 1. The number of nitrogens with zero attached hydrogens (tertiary/aromatic N) is 1. The van der Waals surface area contributed by atoms with Crippen molar-refractivity contribution >= 4 is 11.4 Å². The molecule has 0 aromatic heterocycles. The second-order valence-corrected chi connectivity index (χ2v) is 5.56. The molecule has 0 saturated carbocycles. The van der Waals surface area contributed by atoms with Crippen molar-refractivity contribution in [2.45, 2.75) is 33.7 Å². The van der Waals surface area contributed by atoms with E-state index in [2.05, 4.69) is 37.4 Å². The van der Waals surface area contributed by atoms with E-state index in [4.69, 9.17) is 0 Å². The fraction of sp³-hybridized carbons (Fsp3) is 0.294. The van der Waals surface area contributed by atoms with Gasteiger partial charge in [0.15, 0.2) is 0 Å². The van der Waals surface area contributed by atoms with Gasteiger partial charge in [-0.3, -0.25) is 10.1 Å². The topological polar surface area (TPSA) is 55.2 Å². The number of benzene rings is 2. The second-order valence-electron chi connectivity index (χ2n) is 5.56. The summed E-state index contributed by atoms with van der Waals surface area (Å²) < 4.78 is 0. The molecule has 4 nitrogen and oxygen atoms in total. The molecule has 0 amide bonds. The lowest BCUT2D eigenvalue weighted by Crippen LogP contribution is -2.09. The number of nitro benzene ring substituents is 1. The number of rotatable bonds is 4. The number of nitrogens with one attached hydrogen (secondary N) is 1. The van der Waals surface area contributed by atoms with E-state index < -0.39 is 0 Å². The lowest BCUT2D eigenvalue weighted by molar-refractivity contribution is -0.384. The minimum atomic E-state index is -0.344. The van der Waals surface area contributed by atoms with Crippen molar-refractivity contribution in [2.75, 3.05) is 5.32 Å². The summed E-state index contributed by atoms with van der Waals surface area (Å²) in [5, 5.41) is 14.4. The highest BCUT2D eigenvalue weighted by Gasteiger charge is 2.16. The number of hydrogen-bond donors (Lipinski definition) is 1. The molecule has 1 unspecified atom stereocenters. The number of hydrogen-bond acceptors (Lipinski definition) is 3. The first-order valence-corrected chi connectivity index (χ1v) is 6.96. The molecule has 0 saturated heterocycles. The van der Waals surface area contributed by atoms with Crippen molar-refractivity contribution in [2.24, 2.45) is 0 Å². The van der Waals surface area contributed by atoms with E-state index in [1.165, 1.54) is 11.1 Å². The van der Waals surface area contributed by atoms with Gasteiger partial charge in [-0.05, 0) is 44.9 Å². The van der Waals surface area contributed by atoms with Gasteiger partial charge in [0.2, 0.25) is 0 Å². The average molecular weight is 284 g/mol. The first-order chi connectivity index (χ1) is 9.86. The quantitative estimate of drug-likeness (QED) is 0.654. The van der Waals surface area contributed by atoms with E-state index in [0.717, 1.165) is 11.1 Å². The standard InChI is InChI=1S/C17H20N2O2/c1-11-5-6-16(17(10-11)19(20)21)18-14(4)15-8-12(2)7-13(3)9-15/h5-10,14,18H,1-4H3. The molecular formula is C17H20N2O2. The van der Waals surface area contributed by atoms with E-state index in [0.29, 0.717) is 5.69 Å². The van der Waals surface area contributed by atoms with Crippen LogP contribution in [-0.4, -0.2) is 4.92 Å². The Bertz CT molecular complexity index is 660. The molecule has 0 radical (unpaired) electrons. The Kier molecular flexibility index (Phi) is 4.26. The molecule has 0 aliphatic carbocycles. The average Bonchev–Trinajstić information content (AvgIpc) is 2.39. The van der Waals surface area contributed by atoms with Crippen LogP contribution in [0.2, 0.25) is 0 Å². The molecule has 0 aliphatic heterocycles. The minimum Gasteiger partial charge on any atom is -0.373 e. The summed E-state index contributed by atoms with van der Waals surface area (Å²) in [5.74, 6) is 0. The maximum absolute atomic E-state index is 11.2. The van der Waals surface area contributed by atoms with Crippen molar-refractivity contribution in [1.29, 1.82) is 0 Å². The maximum Gasteiger partial charge on any atom is 0.292 e. The number of anilines is 1. The Labute approximate surface area is 125 Å². The normalized spacial score (nSPS) is 12.0. The van der Waals surface area contributed by atoms with Gasteiger partial charge in [0.1, 0.15) is 5.69 Å². The van der Waals surface area contributed by atoms with Crippen molar-refractivity contribution < 1.29 is 4.92 Å². The molecule has 4 heteroatoms. The molecule has 110 valence electrons. The van der Waals surface area contributed by atoms with Gasteiger partial charge in [-0.15, -0.1) is 0 Å². The smallest absolute Gasteiger partial charge is 0.292 e. The van der Waals surface area contributed by atoms with Crippen LogP contribution in [0, 0.1) is 30.9 Å². The molecule has 21 heavy (non-hydrogen) atoms. The van der Waals surface area contributed by atoms with Gasteiger partial charge in [0.25, 0.3) is 5.69 Å². The Morgan fingerprint density at radius 1 is 1.00 bits per heavy atom. The maximum atomic E-state index is 11.2. The van der Waals surface area contributed by atoms with Gasteiger partial charge in [0.05, 0.1) is 4.92 Å². The van der Waals surface area contributed by atoms with Gasteiger partial charge in [-0.25, -0.2) is 0 Å². The molecule has 0 heterocycles. The van der Waals surface area contributed by atoms with Crippen LogP contribution in [0.3, 0.4) is 0 Å². The van der Waals surface area contributed by atoms with Gasteiger partial charge < -0.3 is 5.32 Å². The third kappa shape index (κ3) is 3.60. The molecule has 2 aromatic rings. The zero-order chi connectivity index (χ0) is 15.6. The summed E-state index contributed by atoms with van der Waals surface area (Å²) in [6.07, 6.45) is 0. The monoisotopic (exact) mass is 284 g/mol. The molecular weight excluding hydrogens is 264 g/mol. The van der Waals surface area contributed by atoms with Crippen molar-refractivity contribution in [3.8, 4) is 0 Å². The van der Waals surface area contributed by atoms with Crippen molar-refractivity contribution in [1.82, 2.24) is 0 Å². The van der Waals surface area contributed by atoms with Crippen LogP contribution in [-0.2, 0) is 0 Å². The van der Waals surface area contributed by atoms with Crippen LogP contribution in [0.15, 0.2) is 36.4 Å². The summed E-state index contributed by atoms with van der Waals surface area (Å²) >= 11 is 0. The summed E-state index contributed by atoms with van der Waals surface area (Å²) in [6, 6.07) is 11.6. The molecule has 2 aromatic carbocycles. The Balaban J connectivity index is 2.31. The third-order valence-corrected chi connectivity index (χ3v) is 3.47. The van der Waals surface area contributed by atoms with E-state index in [1.54, 1.807) is 12.1 Å². The highest BCUT2D eigenvalue weighted by molar-refractivity contribution is 5.63. The van der Waals surface area contributed by atoms with Crippen molar-refractivity contribution in [3.63, 3.8) is 0 Å². The highest BCUT2D eigenvalue weighted by atomic mass is 16.6. The zero-order valence-corrected chi connectivity index (χ0v) is 12.8. The Hall–Kier alpha value is -2.36. The summed E-state index contributed by atoms with van der Waals surface area (Å²) in [5.41, 5.74) is 5.06. The highest BCUT2D eigenvalue weighted by Crippen LogP contribution is 2.29. The van der Waals surface area contributed by atoms with Gasteiger partial charge in [0, 0.05) is 12.1 Å². The molecule has 0 spiro atoms. The van der Waals surface area contributed by atoms with Crippen LogP contribution in [0.1, 0.15) is 35.2 Å².